The zero-order valence-corrected chi connectivity index (χ0v) is 18.4. The van der Waals surface area contributed by atoms with Gasteiger partial charge in [0.15, 0.2) is 11.5 Å². The predicted molar refractivity (Wildman–Crippen MR) is 122 cm³/mol. The van der Waals surface area contributed by atoms with Crippen molar-refractivity contribution in [2.45, 2.75) is 12.6 Å². The van der Waals surface area contributed by atoms with Crippen molar-refractivity contribution in [1.29, 1.82) is 0 Å². The van der Waals surface area contributed by atoms with Crippen LogP contribution in [0.2, 0.25) is 0 Å². The third kappa shape index (κ3) is 3.04. The van der Waals surface area contributed by atoms with Crippen LogP contribution in [0.4, 0.5) is 0 Å². The van der Waals surface area contributed by atoms with E-state index < -0.39 is 17.4 Å². The molecule has 5 rings (SSSR count). The molecule has 170 valence electrons. The summed E-state index contributed by atoms with van der Waals surface area (Å²) in [4.78, 5) is 26.2. The molecule has 1 unspecified atom stereocenters. The standard InChI is InChI=1S/C24H23N3O6/c1-25-20-18(23(30)26(2)24(25)31)19(13-4-7-15(32-3)8-5-13)27-10-11-33-22(21(20)27)14-6-9-16(28)17(29)12-14/h4-9,12,22,28-29H,10-11H2,1-3H3. The summed E-state index contributed by atoms with van der Waals surface area (Å²) in [6.45, 7) is 0.834. The number of aromatic hydroxyl groups is 2. The van der Waals surface area contributed by atoms with E-state index in [0.717, 1.165) is 10.1 Å². The molecule has 3 heterocycles. The van der Waals surface area contributed by atoms with Crippen LogP contribution in [0.5, 0.6) is 17.2 Å². The number of ether oxygens (including phenoxy) is 2. The summed E-state index contributed by atoms with van der Waals surface area (Å²) in [6, 6.07) is 11.9. The summed E-state index contributed by atoms with van der Waals surface area (Å²) in [5, 5.41) is 20.2. The van der Waals surface area contributed by atoms with Gasteiger partial charge in [0, 0.05) is 20.6 Å². The Morgan fingerprint density at radius 1 is 1.00 bits per heavy atom. The van der Waals surface area contributed by atoms with Crippen molar-refractivity contribution in [2.24, 2.45) is 14.1 Å². The van der Waals surface area contributed by atoms with E-state index in [1.54, 1.807) is 20.2 Å². The Morgan fingerprint density at radius 3 is 2.39 bits per heavy atom. The number of phenols is 2. The van der Waals surface area contributed by atoms with Crippen LogP contribution in [0, 0.1) is 0 Å². The smallest absolute Gasteiger partial charge is 0.331 e. The van der Waals surface area contributed by atoms with E-state index in [0.29, 0.717) is 46.8 Å². The maximum Gasteiger partial charge on any atom is 0.331 e. The van der Waals surface area contributed by atoms with Gasteiger partial charge in [-0.25, -0.2) is 4.79 Å². The molecule has 9 nitrogen and oxygen atoms in total. The molecule has 0 saturated heterocycles. The third-order valence-corrected chi connectivity index (χ3v) is 6.22. The summed E-state index contributed by atoms with van der Waals surface area (Å²) in [6.07, 6.45) is -0.655. The zero-order valence-electron chi connectivity index (χ0n) is 18.4. The summed E-state index contributed by atoms with van der Waals surface area (Å²) < 4.78 is 15.9. The van der Waals surface area contributed by atoms with Crippen LogP contribution in [0.1, 0.15) is 17.4 Å². The lowest BCUT2D eigenvalue weighted by molar-refractivity contribution is 0.0477. The molecule has 0 spiro atoms. The van der Waals surface area contributed by atoms with Gasteiger partial charge in [0.1, 0.15) is 11.9 Å². The first-order chi connectivity index (χ1) is 15.8. The highest BCUT2D eigenvalue weighted by Gasteiger charge is 2.33. The molecular formula is C24H23N3O6. The van der Waals surface area contributed by atoms with Crippen LogP contribution in [0.25, 0.3) is 22.2 Å². The Hall–Kier alpha value is -3.98. The van der Waals surface area contributed by atoms with E-state index in [9.17, 15) is 19.8 Å². The van der Waals surface area contributed by atoms with E-state index in [4.69, 9.17) is 9.47 Å². The van der Waals surface area contributed by atoms with Crippen LogP contribution >= 0.6 is 0 Å². The number of fused-ring (bicyclic) bond motifs is 3. The lowest BCUT2D eigenvalue weighted by Gasteiger charge is -2.28. The Bertz CT molecular complexity index is 1510. The van der Waals surface area contributed by atoms with E-state index in [2.05, 4.69) is 0 Å². The van der Waals surface area contributed by atoms with Gasteiger partial charge in [-0.2, -0.15) is 0 Å². The summed E-state index contributed by atoms with van der Waals surface area (Å²) >= 11 is 0. The van der Waals surface area contributed by atoms with Gasteiger partial charge >= 0.3 is 5.69 Å². The quantitative estimate of drug-likeness (QED) is 0.465. The van der Waals surface area contributed by atoms with Crippen LogP contribution in [-0.2, 0) is 25.4 Å². The number of aromatic nitrogens is 3. The lowest BCUT2D eigenvalue weighted by atomic mass is 10.0. The van der Waals surface area contributed by atoms with Gasteiger partial charge in [-0.05, 0) is 47.5 Å². The second kappa shape index (κ2) is 7.56. The van der Waals surface area contributed by atoms with E-state index in [-0.39, 0.29) is 11.5 Å². The molecule has 1 aliphatic rings. The Morgan fingerprint density at radius 2 is 1.73 bits per heavy atom. The van der Waals surface area contributed by atoms with Crippen molar-refractivity contribution in [3.8, 4) is 28.5 Å². The second-order valence-corrected chi connectivity index (χ2v) is 8.04. The van der Waals surface area contributed by atoms with Gasteiger partial charge < -0.3 is 24.3 Å². The number of hydrogen-bond donors (Lipinski definition) is 2. The molecule has 1 atom stereocenters. The molecule has 33 heavy (non-hydrogen) atoms. The molecule has 0 aliphatic carbocycles. The molecule has 1 aliphatic heterocycles. The number of phenolic OH excluding ortho intramolecular Hbond substituents is 2. The largest absolute Gasteiger partial charge is 0.504 e. The molecule has 0 fully saturated rings. The number of aryl methyl sites for hydroxylation is 1. The van der Waals surface area contributed by atoms with Gasteiger partial charge in [-0.15, -0.1) is 0 Å². The normalized spacial score (nSPS) is 15.5. The Kier molecular flexibility index (Phi) is 4.79. The Balaban J connectivity index is 1.90. The highest BCUT2D eigenvalue weighted by molar-refractivity contribution is 5.96. The minimum absolute atomic E-state index is 0.241. The number of rotatable bonds is 3. The molecule has 2 N–H and O–H groups in total. The molecule has 9 heteroatoms. The van der Waals surface area contributed by atoms with Crippen LogP contribution in [0.15, 0.2) is 52.1 Å². The number of nitrogens with zero attached hydrogens (tertiary/aromatic N) is 3. The maximum atomic E-state index is 13.4. The van der Waals surface area contributed by atoms with Crippen molar-refractivity contribution >= 4 is 10.9 Å². The fraction of sp³-hybridized carbons (Fsp3) is 0.250. The monoisotopic (exact) mass is 449 g/mol. The summed E-state index contributed by atoms with van der Waals surface area (Å²) in [7, 11) is 4.68. The fourth-order valence-corrected chi connectivity index (χ4v) is 4.59. The molecule has 0 radical (unpaired) electrons. The average Bonchev–Trinajstić information content (AvgIpc) is 3.18. The highest BCUT2D eigenvalue weighted by Crippen LogP contribution is 2.42. The van der Waals surface area contributed by atoms with Crippen LogP contribution < -0.4 is 16.0 Å². The second-order valence-electron chi connectivity index (χ2n) is 8.04. The topological polar surface area (TPSA) is 108 Å². The van der Waals surface area contributed by atoms with E-state index in [1.807, 2.05) is 28.8 Å². The van der Waals surface area contributed by atoms with E-state index >= 15 is 0 Å². The minimum atomic E-state index is -0.655. The Labute approximate surface area is 188 Å². The molecule has 2 aromatic carbocycles. The number of hydrogen-bond acceptors (Lipinski definition) is 6. The zero-order chi connectivity index (χ0) is 23.4. The fourth-order valence-electron chi connectivity index (χ4n) is 4.59. The van der Waals surface area contributed by atoms with Crippen LogP contribution in [-0.4, -0.2) is 37.6 Å². The van der Waals surface area contributed by atoms with E-state index in [1.165, 1.54) is 23.7 Å². The highest BCUT2D eigenvalue weighted by atomic mass is 16.5. The van der Waals surface area contributed by atoms with Crippen molar-refractivity contribution in [2.75, 3.05) is 13.7 Å². The molecule has 0 amide bonds. The maximum absolute atomic E-state index is 13.4. The average molecular weight is 449 g/mol. The van der Waals surface area contributed by atoms with Gasteiger partial charge in [0.05, 0.1) is 36.0 Å². The molecule has 0 bridgehead atoms. The molecule has 0 saturated carbocycles. The first-order valence-corrected chi connectivity index (χ1v) is 10.4. The van der Waals surface area contributed by atoms with Gasteiger partial charge in [-0.1, -0.05) is 6.07 Å². The third-order valence-electron chi connectivity index (χ3n) is 6.22. The molecular weight excluding hydrogens is 426 g/mol. The number of methoxy groups -OCH3 is 1. The van der Waals surface area contributed by atoms with Gasteiger partial charge in [0.2, 0.25) is 0 Å². The van der Waals surface area contributed by atoms with Crippen molar-refractivity contribution in [3.63, 3.8) is 0 Å². The van der Waals surface area contributed by atoms with Crippen LogP contribution in [0.3, 0.4) is 0 Å². The molecule has 4 aromatic rings. The SMILES string of the molecule is COc1ccc(-c2c3c(=O)n(C)c(=O)n(C)c3c3n2CCOC3c2ccc(O)c(O)c2)cc1. The summed E-state index contributed by atoms with van der Waals surface area (Å²) in [5.41, 5.74) is 2.37. The summed E-state index contributed by atoms with van der Waals surface area (Å²) in [5.74, 6) is 0.175. The first-order valence-electron chi connectivity index (χ1n) is 10.4. The van der Waals surface area contributed by atoms with Gasteiger partial charge in [-0.3, -0.25) is 13.9 Å². The van der Waals surface area contributed by atoms with Crippen molar-refractivity contribution < 1.29 is 19.7 Å². The van der Waals surface area contributed by atoms with Crippen molar-refractivity contribution in [1.82, 2.24) is 13.7 Å². The predicted octanol–water partition coefficient (Wildman–Crippen LogP) is 2.25. The van der Waals surface area contributed by atoms with Crippen molar-refractivity contribution in [3.05, 3.63) is 74.6 Å². The first kappa shape index (κ1) is 20.9. The number of benzene rings is 2. The lowest BCUT2D eigenvalue weighted by Crippen LogP contribution is -2.37. The minimum Gasteiger partial charge on any atom is -0.504 e. The van der Waals surface area contributed by atoms with Gasteiger partial charge in [0.25, 0.3) is 5.56 Å². The molecule has 2 aromatic heterocycles.